The molecule has 1 aromatic carbocycles. The first-order chi connectivity index (χ1) is 10.2. The lowest BCUT2D eigenvalue weighted by atomic mass is 10.3. The quantitative estimate of drug-likeness (QED) is 0.773. The number of hydrogen-bond donors (Lipinski definition) is 1. The van der Waals surface area contributed by atoms with Gasteiger partial charge in [-0.05, 0) is 12.1 Å². The van der Waals surface area contributed by atoms with Gasteiger partial charge in [0.1, 0.15) is 0 Å². The number of hydrogen-bond acceptors (Lipinski definition) is 5. The molecule has 1 fully saturated rings. The second kappa shape index (κ2) is 7.49. The number of benzene rings is 1. The Labute approximate surface area is 122 Å². The maximum Gasteiger partial charge on any atom is 0.260 e. The fourth-order valence-corrected chi connectivity index (χ4v) is 1.99. The van der Waals surface area contributed by atoms with Gasteiger partial charge in [0.25, 0.3) is 5.91 Å². The van der Waals surface area contributed by atoms with Crippen LogP contribution in [0.5, 0.6) is 11.5 Å². The molecule has 114 valence electrons. The van der Waals surface area contributed by atoms with Crippen molar-refractivity contribution >= 4 is 18.0 Å². The maximum absolute atomic E-state index is 12.0. The number of methoxy groups -OCH3 is 1. The van der Waals surface area contributed by atoms with Gasteiger partial charge in [-0.1, -0.05) is 0 Å². The standard InChI is InChI=1S/C14H18N2O5/c1-19-13-8-11(15-10-17)2-3-12(13)21-9-14(18)16-4-6-20-7-5-16/h2-3,8,10H,4-7,9H2,1H3,(H,15,17). The second-order valence-electron chi connectivity index (χ2n) is 4.41. The molecule has 2 rings (SSSR count). The SMILES string of the molecule is COc1cc(NC=O)ccc1OCC(=O)N1CCOCC1. The molecule has 2 amide bonds. The van der Waals surface area contributed by atoms with Gasteiger partial charge in [0.05, 0.1) is 20.3 Å². The lowest BCUT2D eigenvalue weighted by molar-refractivity contribution is -0.137. The highest BCUT2D eigenvalue weighted by Gasteiger charge is 2.18. The molecule has 0 saturated carbocycles. The summed E-state index contributed by atoms with van der Waals surface area (Å²) in [5, 5.41) is 2.52. The molecule has 7 nitrogen and oxygen atoms in total. The number of amides is 2. The van der Waals surface area contributed by atoms with E-state index in [-0.39, 0.29) is 12.5 Å². The van der Waals surface area contributed by atoms with Crippen LogP contribution in [-0.4, -0.2) is 57.2 Å². The summed E-state index contributed by atoms with van der Waals surface area (Å²) in [5.74, 6) is 0.822. The Kier molecular flexibility index (Phi) is 5.39. The van der Waals surface area contributed by atoms with Crippen molar-refractivity contribution in [3.8, 4) is 11.5 Å². The fraction of sp³-hybridized carbons (Fsp3) is 0.429. The Bertz CT molecular complexity index is 500. The molecule has 0 aliphatic carbocycles. The van der Waals surface area contributed by atoms with Crippen LogP contribution in [0.4, 0.5) is 5.69 Å². The summed E-state index contributed by atoms with van der Waals surface area (Å²) in [7, 11) is 1.50. The number of rotatable bonds is 6. The van der Waals surface area contributed by atoms with Gasteiger partial charge in [-0.25, -0.2) is 0 Å². The Balaban J connectivity index is 1.95. The predicted molar refractivity (Wildman–Crippen MR) is 75.6 cm³/mol. The van der Waals surface area contributed by atoms with Crippen molar-refractivity contribution < 1.29 is 23.8 Å². The van der Waals surface area contributed by atoms with Crippen molar-refractivity contribution in [2.75, 3.05) is 45.3 Å². The predicted octanol–water partition coefficient (Wildman–Crippen LogP) is 0.501. The molecule has 1 heterocycles. The minimum absolute atomic E-state index is 0.0587. The van der Waals surface area contributed by atoms with Gasteiger partial charge in [-0.2, -0.15) is 0 Å². The first-order valence-electron chi connectivity index (χ1n) is 6.61. The number of nitrogens with zero attached hydrogens (tertiary/aromatic N) is 1. The van der Waals surface area contributed by atoms with E-state index in [0.29, 0.717) is 49.9 Å². The lowest BCUT2D eigenvalue weighted by Crippen LogP contribution is -2.43. The van der Waals surface area contributed by atoms with Gasteiger partial charge in [0.2, 0.25) is 6.41 Å². The Morgan fingerprint density at radius 3 is 2.81 bits per heavy atom. The van der Waals surface area contributed by atoms with E-state index in [9.17, 15) is 9.59 Å². The molecule has 1 aliphatic rings. The minimum atomic E-state index is -0.0875. The van der Waals surface area contributed by atoms with E-state index >= 15 is 0 Å². The number of carbonyl (C=O) groups is 2. The first kappa shape index (κ1) is 15.1. The van der Waals surface area contributed by atoms with Crippen molar-refractivity contribution in [2.24, 2.45) is 0 Å². The van der Waals surface area contributed by atoms with Crippen LogP contribution in [0, 0.1) is 0 Å². The summed E-state index contributed by atoms with van der Waals surface area (Å²) in [5.41, 5.74) is 0.591. The molecule has 0 unspecified atom stereocenters. The van der Waals surface area contributed by atoms with Gasteiger partial charge in [-0.3, -0.25) is 9.59 Å². The number of anilines is 1. The van der Waals surface area contributed by atoms with Crippen molar-refractivity contribution in [2.45, 2.75) is 0 Å². The monoisotopic (exact) mass is 294 g/mol. The van der Waals surface area contributed by atoms with Crippen molar-refractivity contribution in [3.63, 3.8) is 0 Å². The third-order valence-corrected chi connectivity index (χ3v) is 3.10. The molecular formula is C14H18N2O5. The smallest absolute Gasteiger partial charge is 0.260 e. The lowest BCUT2D eigenvalue weighted by Gasteiger charge is -2.26. The zero-order chi connectivity index (χ0) is 15.1. The largest absolute Gasteiger partial charge is 0.493 e. The normalized spacial score (nSPS) is 14.4. The molecular weight excluding hydrogens is 276 g/mol. The van der Waals surface area contributed by atoms with Crippen molar-refractivity contribution in [3.05, 3.63) is 18.2 Å². The van der Waals surface area contributed by atoms with E-state index in [1.54, 1.807) is 23.1 Å². The van der Waals surface area contributed by atoms with Gasteiger partial charge >= 0.3 is 0 Å². The number of morpholine rings is 1. The highest BCUT2D eigenvalue weighted by atomic mass is 16.5. The number of ether oxygens (including phenoxy) is 3. The molecule has 0 atom stereocenters. The van der Waals surface area contributed by atoms with Crippen LogP contribution in [0.1, 0.15) is 0 Å². The van der Waals surface area contributed by atoms with E-state index in [0.717, 1.165) is 0 Å². The minimum Gasteiger partial charge on any atom is -0.493 e. The van der Waals surface area contributed by atoms with Gasteiger partial charge in [-0.15, -0.1) is 0 Å². The molecule has 1 saturated heterocycles. The van der Waals surface area contributed by atoms with Crippen LogP contribution in [0.3, 0.4) is 0 Å². The molecule has 0 spiro atoms. The van der Waals surface area contributed by atoms with E-state index in [2.05, 4.69) is 5.32 Å². The van der Waals surface area contributed by atoms with E-state index in [4.69, 9.17) is 14.2 Å². The van der Waals surface area contributed by atoms with Crippen LogP contribution in [-0.2, 0) is 14.3 Å². The Morgan fingerprint density at radius 2 is 2.14 bits per heavy atom. The van der Waals surface area contributed by atoms with E-state index < -0.39 is 0 Å². The summed E-state index contributed by atoms with van der Waals surface area (Å²) < 4.78 is 15.9. The molecule has 0 bridgehead atoms. The molecule has 1 aliphatic heterocycles. The third kappa shape index (κ3) is 4.09. The summed E-state index contributed by atoms with van der Waals surface area (Å²) >= 11 is 0. The average molecular weight is 294 g/mol. The van der Waals surface area contributed by atoms with Gasteiger partial charge < -0.3 is 24.4 Å². The Morgan fingerprint density at radius 1 is 1.38 bits per heavy atom. The van der Waals surface area contributed by atoms with Gasteiger partial charge in [0.15, 0.2) is 18.1 Å². The molecule has 7 heteroatoms. The highest BCUT2D eigenvalue weighted by molar-refractivity contribution is 5.78. The van der Waals surface area contributed by atoms with Crippen LogP contribution in [0.15, 0.2) is 18.2 Å². The zero-order valence-corrected chi connectivity index (χ0v) is 11.8. The summed E-state index contributed by atoms with van der Waals surface area (Å²) in [6.45, 7) is 2.22. The molecule has 0 radical (unpaired) electrons. The summed E-state index contributed by atoms with van der Waals surface area (Å²) in [4.78, 5) is 24.1. The first-order valence-corrected chi connectivity index (χ1v) is 6.61. The van der Waals surface area contributed by atoms with E-state index in [1.807, 2.05) is 0 Å². The summed E-state index contributed by atoms with van der Waals surface area (Å²) in [6, 6.07) is 4.95. The van der Waals surface area contributed by atoms with Crippen LogP contribution < -0.4 is 14.8 Å². The van der Waals surface area contributed by atoms with Crippen LogP contribution in [0.2, 0.25) is 0 Å². The number of nitrogens with one attached hydrogen (secondary N) is 1. The summed E-state index contributed by atoms with van der Waals surface area (Å²) in [6.07, 6.45) is 0.581. The van der Waals surface area contributed by atoms with E-state index in [1.165, 1.54) is 7.11 Å². The van der Waals surface area contributed by atoms with Crippen LogP contribution >= 0.6 is 0 Å². The molecule has 1 N–H and O–H groups in total. The maximum atomic E-state index is 12.0. The average Bonchev–Trinajstić information content (AvgIpc) is 2.54. The molecule has 0 aromatic heterocycles. The second-order valence-corrected chi connectivity index (χ2v) is 4.41. The molecule has 1 aromatic rings. The fourth-order valence-electron chi connectivity index (χ4n) is 1.99. The Hall–Kier alpha value is -2.28. The van der Waals surface area contributed by atoms with Crippen molar-refractivity contribution in [1.82, 2.24) is 4.90 Å². The topological polar surface area (TPSA) is 77.1 Å². The molecule has 21 heavy (non-hydrogen) atoms. The van der Waals surface area contributed by atoms with Crippen LogP contribution in [0.25, 0.3) is 0 Å². The zero-order valence-electron chi connectivity index (χ0n) is 11.8. The number of carbonyl (C=O) groups excluding carboxylic acids is 2. The third-order valence-electron chi connectivity index (χ3n) is 3.10. The van der Waals surface area contributed by atoms with Gasteiger partial charge in [0, 0.05) is 24.8 Å². The highest BCUT2D eigenvalue weighted by Crippen LogP contribution is 2.30. The van der Waals surface area contributed by atoms with Crippen molar-refractivity contribution in [1.29, 1.82) is 0 Å².